The van der Waals surface area contributed by atoms with Gasteiger partial charge in [0.1, 0.15) is 11.8 Å². The fraction of sp³-hybridized carbons (Fsp3) is 0.393. The number of hydrogen-bond donors (Lipinski definition) is 0. The zero-order valence-electron chi connectivity index (χ0n) is 18.8. The summed E-state index contributed by atoms with van der Waals surface area (Å²) in [5.41, 5.74) is 2.78. The van der Waals surface area contributed by atoms with E-state index in [9.17, 15) is 14.4 Å². The van der Waals surface area contributed by atoms with Crippen LogP contribution in [0.25, 0.3) is 0 Å². The molecule has 5 nitrogen and oxygen atoms in total. The molecule has 0 aromatic heterocycles. The van der Waals surface area contributed by atoms with Crippen LogP contribution in [0.3, 0.4) is 0 Å². The Kier molecular flexibility index (Phi) is 4.58. The Morgan fingerprint density at radius 3 is 2.21 bits per heavy atom. The molecule has 0 radical (unpaired) electrons. The minimum Gasteiger partial charge on any atom is -0.425 e. The normalized spacial score (nSPS) is 31.9. The predicted molar refractivity (Wildman–Crippen MR) is 122 cm³/mol. The van der Waals surface area contributed by atoms with E-state index in [1.807, 2.05) is 56.3 Å². The number of rotatable bonds is 5. The Morgan fingerprint density at radius 2 is 1.58 bits per heavy atom. The summed E-state index contributed by atoms with van der Waals surface area (Å²) in [6.07, 6.45) is 5.65. The Bertz CT molecular complexity index is 1150. The predicted octanol–water partition coefficient (Wildman–Crippen LogP) is 3.87. The van der Waals surface area contributed by atoms with Crippen LogP contribution in [0.1, 0.15) is 23.1 Å². The molecule has 5 heteroatoms. The van der Waals surface area contributed by atoms with Gasteiger partial charge in [-0.3, -0.25) is 14.5 Å². The summed E-state index contributed by atoms with van der Waals surface area (Å²) in [7, 11) is 0. The number of hydrogen-bond acceptors (Lipinski definition) is 4. The number of amides is 2. The van der Waals surface area contributed by atoms with Gasteiger partial charge in [-0.15, -0.1) is 0 Å². The van der Waals surface area contributed by atoms with E-state index in [1.54, 1.807) is 6.07 Å². The molecule has 4 aliphatic carbocycles. The summed E-state index contributed by atoms with van der Waals surface area (Å²) < 4.78 is 5.82. The first kappa shape index (κ1) is 20.4. The molecule has 1 heterocycles. The molecule has 0 N–H and O–H groups in total. The van der Waals surface area contributed by atoms with Crippen LogP contribution in [0.4, 0.5) is 0 Å². The zero-order valence-corrected chi connectivity index (χ0v) is 18.8. The van der Waals surface area contributed by atoms with E-state index in [4.69, 9.17) is 4.74 Å². The quantitative estimate of drug-likeness (QED) is 0.306. The maximum atomic E-state index is 13.7. The number of nitrogens with zero attached hydrogens (tertiary/aromatic N) is 1. The summed E-state index contributed by atoms with van der Waals surface area (Å²) in [6, 6.07) is 14.1. The molecule has 5 aliphatic rings. The third-order valence-electron chi connectivity index (χ3n) is 8.32. The molecule has 7 rings (SSSR count). The van der Waals surface area contributed by atoms with E-state index < -0.39 is 12.0 Å². The number of ether oxygens (including phenoxy) is 1. The number of esters is 1. The number of carbonyl (C=O) groups excluding carboxylic acids is 3. The number of imide groups is 1. The second-order valence-corrected chi connectivity index (χ2v) is 10.0. The molecule has 2 saturated carbocycles. The largest absolute Gasteiger partial charge is 0.425 e. The van der Waals surface area contributed by atoms with Crippen LogP contribution in [-0.4, -0.2) is 28.7 Å². The van der Waals surface area contributed by atoms with Crippen molar-refractivity contribution in [3.8, 4) is 5.75 Å². The van der Waals surface area contributed by atoms with Crippen LogP contribution in [0.15, 0.2) is 60.7 Å². The highest BCUT2D eigenvalue weighted by molar-refractivity contribution is 6.09. The van der Waals surface area contributed by atoms with Gasteiger partial charge in [0.05, 0.1) is 11.8 Å². The topological polar surface area (TPSA) is 63.7 Å². The third kappa shape index (κ3) is 3.09. The summed E-state index contributed by atoms with van der Waals surface area (Å²) in [5, 5.41) is 0. The van der Waals surface area contributed by atoms with Gasteiger partial charge in [0.15, 0.2) is 0 Å². The minimum atomic E-state index is -0.978. The molecule has 2 aromatic carbocycles. The first-order valence-corrected chi connectivity index (χ1v) is 11.8. The Labute approximate surface area is 193 Å². The lowest BCUT2D eigenvalue weighted by Gasteiger charge is -2.37. The van der Waals surface area contributed by atoms with E-state index in [2.05, 4.69) is 12.2 Å². The van der Waals surface area contributed by atoms with Crippen LogP contribution in [0.5, 0.6) is 5.75 Å². The molecule has 2 bridgehead atoms. The minimum absolute atomic E-state index is 0.124. The molecule has 33 heavy (non-hydrogen) atoms. The second-order valence-electron chi connectivity index (χ2n) is 10.0. The number of carbonyl (C=O) groups is 3. The standard InChI is InChI=1S/C28H27NO4/c1-15-7-6-10-23(16(15)2)33-28(32)22(13-17-8-4-3-5-9-17)29-26(30)24-18-11-12-19(21-14-20(18)21)25(24)27(29)31/h3-12,18-22,24-25H,13-14H2,1-2H3/t18-,19-,20-,21-,22+,24-,25+/m1/s1. The highest BCUT2D eigenvalue weighted by Crippen LogP contribution is 2.65. The average Bonchev–Trinajstić information content (AvgIpc) is 3.60. The molecule has 7 atom stereocenters. The van der Waals surface area contributed by atoms with E-state index in [0.29, 0.717) is 17.6 Å². The summed E-state index contributed by atoms with van der Waals surface area (Å²) >= 11 is 0. The van der Waals surface area contributed by atoms with Gasteiger partial charge in [0, 0.05) is 6.42 Å². The molecule has 1 saturated heterocycles. The van der Waals surface area contributed by atoms with Crippen LogP contribution >= 0.6 is 0 Å². The van der Waals surface area contributed by atoms with Crippen LogP contribution < -0.4 is 4.74 Å². The number of benzene rings is 2. The van der Waals surface area contributed by atoms with E-state index in [1.165, 1.54) is 4.90 Å². The lowest BCUT2D eigenvalue weighted by molar-refractivity contribution is -0.153. The first-order valence-electron chi connectivity index (χ1n) is 11.8. The Morgan fingerprint density at radius 1 is 0.939 bits per heavy atom. The van der Waals surface area contributed by atoms with Crippen molar-refractivity contribution in [2.45, 2.75) is 32.7 Å². The van der Waals surface area contributed by atoms with Gasteiger partial charge >= 0.3 is 5.97 Å². The second kappa shape index (κ2) is 7.41. The van der Waals surface area contributed by atoms with Crippen LogP contribution in [-0.2, 0) is 20.8 Å². The van der Waals surface area contributed by atoms with Gasteiger partial charge in [-0.05, 0) is 66.7 Å². The smallest absolute Gasteiger partial charge is 0.335 e. The zero-order chi connectivity index (χ0) is 22.9. The fourth-order valence-electron chi connectivity index (χ4n) is 6.42. The maximum Gasteiger partial charge on any atom is 0.335 e. The van der Waals surface area contributed by atoms with Crippen LogP contribution in [0.2, 0.25) is 0 Å². The van der Waals surface area contributed by atoms with Crippen molar-refractivity contribution in [1.29, 1.82) is 0 Å². The summed E-state index contributed by atoms with van der Waals surface area (Å²) in [5.74, 6) is 0.140. The van der Waals surface area contributed by atoms with Gasteiger partial charge < -0.3 is 4.74 Å². The van der Waals surface area contributed by atoms with Crippen molar-refractivity contribution in [3.63, 3.8) is 0 Å². The van der Waals surface area contributed by atoms with Gasteiger partial charge in [-0.25, -0.2) is 4.79 Å². The van der Waals surface area contributed by atoms with Crippen molar-refractivity contribution >= 4 is 17.8 Å². The third-order valence-corrected chi connectivity index (χ3v) is 8.32. The van der Waals surface area contributed by atoms with E-state index >= 15 is 0 Å². The number of likely N-dealkylation sites (tertiary alicyclic amines) is 1. The monoisotopic (exact) mass is 441 g/mol. The molecule has 2 aromatic rings. The number of aryl methyl sites for hydroxylation is 1. The Balaban J connectivity index is 1.34. The fourth-order valence-corrected chi connectivity index (χ4v) is 6.42. The van der Waals surface area contributed by atoms with Crippen molar-refractivity contribution in [3.05, 3.63) is 77.4 Å². The van der Waals surface area contributed by atoms with Gasteiger partial charge in [0.2, 0.25) is 11.8 Å². The molecular formula is C28H27NO4. The molecule has 3 fully saturated rings. The van der Waals surface area contributed by atoms with Gasteiger partial charge in [0.25, 0.3) is 0 Å². The molecule has 0 unspecified atom stereocenters. The molecule has 0 spiro atoms. The first-order chi connectivity index (χ1) is 16.0. The Hall–Kier alpha value is -3.21. The summed E-state index contributed by atoms with van der Waals surface area (Å²) in [6.45, 7) is 3.86. The molecule has 2 amide bonds. The average molecular weight is 442 g/mol. The van der Waals surface area contributed by atoms with Gasteiger partial charge in [-0.1, -0.05) is 54.6 Å². The highest BCUT2D eigenvalue weighted by Gasteiger charge is 2.68. The van der Waals surface area contributed by atoms with Gasteiger partial charge in [-0.2, -0.15) is 0 Å². The van der Waals surface area contributed by atoms with Crippen molar-refractivity contribution in [2.75, 3.05) is 0 Å². The lowest BCUT2D eigenvalue weighted by atomic mass is 9.63. The number of allylic oxidation sites excluding steroid dienone is 2. The SMILES string of the molecule is Cc1cccc(OC(=O)[C@H](Cc2ccccc2)N2C(=O)[C@@H]3[C@@H]4C=C[C@H]([C@H]5C[C@H]45)[C@@H]3C2=O)c1C. The van der Waals surface area contributed by atoms with Crippen molar-refractivity contribution < 1.29 is 19.1 Å². The highest BCUT2D eigenvalue weighted by atomic mass is 16.5. The van der Waals surface area contributed by atoms with E-state index in [0.717, 1.165) is 23.1 Å². The maximum absolute atomic E-state index is 13.7. The summed E-state index contributed by atoms with van der Waals surface area (Å²) in [4.78, 5) is 42.1. The van der Waals surface area contributed by atoms with Crippen molar-refractivity contribution in [2.24, 2.45) is 35.5 Å². The van der Waals surface area contributed by atoms with E-state index in [-0.39, 0.29) is 41.9 Å². The molecule has 168 valence electrons. The van der Waals surface area contributed by atoms with Crippen LogP contribution in [0, 0.1) is 49.4 Å². The van der Waals surface area contributed by atoms with Crippen molar-refractivity contribution in [1.82, 2.24) is 4.90 Å². The molecular weight excluding hydrogens is 414 g/mol. The lowest BCUT2D eigenvalue weighted by Crippen LogP contribution is -2.48. The molecule has 1 aliphatic heterocycles.